The summed E-state index contributed by atoms with van der Waals surface area (Å²) < 4.78 is 13.0. The van der Waals surface area contributed by atoms with Gasteiger partial charge in [-0.25, -0.2) is 4.39 Å². The Hall–Kier alpha value is -1.93. The molecular weight excluding hydrogens is 223 g/mol. The molecule has 0 amide bonds. The van der Waals surface area contributed by atoms with E-state index in [0.29, 0.717) is 30.8 Å². The molecule has 0 unspecified atom stereocenters. The van der Waals surface area contributed by atoms with Crippen molar-refractivity contribution in [2.75, 3.05) is 13.1 Å². The van der Waals surface area contributed by atoms with Gasteiger partial charge in [-0.05, 0) is 23.8 Å². The Balaban J connectivity index is 2.03. The van der Waals surface area contributed by atoms with Crippen molar-refractivity contribution in [1.29, 1.82) is 5.26 Å². The predicted molar refractivity (Wildman–Crippen MR) is 57.5 cm³/mol. The zero-order chi connectivity index (χ0) is 12.4. The first-order chi connectivity index (χ1) is 8.10. The van der Waals surface area contributed by atoms with Crippen molar-refractivity contribution >= 4 is 5.97 Å². The highest BCUT2D eigenvalue weighted by molar-refractivity contribution is 5.71. The molecule has 0 aromatic heterocycles. The molecule has 1 aliphatic rings. The molecule has 0 atom stereocenters. The van der Waals surface area contributed by atoms with Gasteiger partial charge in [-0.3, -0.25) is 9.69 Å². The van der Waals surface area contributed by atoms with Crippen molar-refractivity contribution in [3.05, 3.63) is 35.1 Å². The first-order valence-electron chi connectivity index (χ1n) is 5.24. The van der Waals surface area contributed by atoms with Crippen LogP contribution >= 0.6 is 0 Å². The third-order valence-electron chi connectivity index (χ3n) is 2.89. The molecule has 5 heteroatoms. The normalized spacial score (nSPS) is 16.2. The fourth-order valence-electron chi connectivity index (χ4n) is 1.90. The van der Waals surface area contributed by atoms with Crippen LogP contribution in [0.2, 0.25) is 0 Å². The van der Waals surface area contributed by atoms with Crippen molar-refractivity contribution in [1.82, 2.24) is 4.90 Å². The largest absolute Gasteiger partial charge is 0.481 e. The number of rotatable bonds is 3. The lowest BCUT2D eigenvalue weighted by Crippen LogP contribution is -2.49. The lowest BCUT2D eigenvalue weighted by atomic mass is 9.98. The number of hydrogen-bond acceptors (Lipinski definition) is 3. The van der Waals surface area contributed by atoms with Crippen LogP contribution in [-0.4, -0.2) is 29.1 Å². The predicted octanol–water partition coefficient (Wildman–Crippen LogP) is 1.21. The maximum absolute atomic E-state index is 13.0. The van der Waals surface area contributed by atoms with Gasteiger partial charge in [-0.15, -0.1) is 0 Å². The topological polar surface area (TPSA) is 64.3 Å². The fourth-order valence-corrected chi connectivity index (χ4v) is 1.90. The maximum atomic E-state index is 13.0. The standard InChI is InChI=1S/C12H11FN2O2/c13-11-2-1-8(4-14)9(3-11)5-15-6-10(7-15)12(16)17/h1-3,10H,5-7H2,(H,16,17). The van der Waals surface area contributed by atoms with Gasteiger partial charge in [0.25, 0.3) is 0 Å². The molecule has 1 aromatic rings. The number of nitrogens with zero attached hydrogens (tertiary/aromatic N) is 2. The molecule has 0 radical (unpaired) electrons. The van der Waals surface area contributed by atoms with Gasteiger partial charge in [0, 0.05) is 19.6 Å². The Kier molecular flexibility index (Phi) is 3.07. The molecule has 1 aromatic carbocycles. The highest BCUT2D eigenvalue weighted by atomic mass is 19.1. The van der Waals surface area contributed by atoms with E-state index in [1.807, 2.05) is 11.0 Å². The molecule has 0 spiro atoms. The van der Waals surface area contributed by atoms with Gasteiger partial charge in [0.2, 0.25) is 0 Å². The summed E-state index contributed by atoms with van der Waals surface area (Å²) in [5.41, 5.74) is 1.04. The van der Waals surface area contributed by atoms with Crippen molar-refractivity contribution < 1.29 is 14.3 Å². The van der Waals surface area contributed by atoms with Crippen LogP contribution in [0.1, 0.15) is 11.1 Å². The fraction of sp³-hybridized carbons (Fsp3) is 0.333. The number of benzene rings is 1. The summed E-state index contributed by atoms with van der Waals surface area (Å²) in [6.45, 7) is 1.33. The minimum Gasteiger partial charge on any atom is -0.481 e. The van der Waals surface area contributed by atoms with Crippen molar-refractivity contribution in [2.45, 2.75) is 6.54 Å². The van der Waals surface area contributed by atoms with Crippen LogP contribution in [0.3, 0.4) is 0 Å². The van der Waals surface area contributed by atoms with E-state index in [2.05, 4.69) is 0 Å². The van der Waals surface area contributed by atoms with Crippen LogP contribution in [0.5, 0.6) is 0 Å². The second-order valence-electron chi connectivity index (χ2n) is 4.14. The van der Waals surface area contributed by atoms with Crippen LogP contribution < -0.4 is 0 Å². The van der Waals surface area contributed by atoms with Crippen LogP contribution in [0.15, 0.2) is 18.2 Å². The second kappa shape index (κ2) is 4.52. The minimum absolute atomic E-state index is 0.339. The number of hydrogen-bond donors (Lipinski definition) is 1. The minimum atomic E-state index is -0.805. The third-order valence-corrected chi connectivity index (χ3v) is 2.89. The second-order valence-corrected chi connectivity index (χ2v) is 4.14. The molecule has 88 valence electrons. The lowest BCUT2D eigenvalue weighted by molar-refractivity contribution is -0.147. The monoisotopic (exact) mass is 234 g/mol. The molecule has 1 aliphatic heterocycles. The molecule has 2 rings (SSSR count). The molecule has 1 heterocycles. The van der Waals surface area contributed by atoms with Crippen LogP contribution in [0, 0.1) is 23.1 Å². The smallest absolute Gasteiger partial charge is 0.309 e. The molecule has 4 nitrogen and oxygen atoms in total. The van der Waals surface area contributed by atoms with E-state index in [1.54, 1.807) is 0 Å². The molecule has 1 fully saturated rings. The summed E-state index contributed by atoms with van der Waals surface area (Å²) in [4.78, 5) is 12.5. The summed E-state index contributed by atoms with van der Waals surface area (Å²) in [7, 11) is 0. The number of carboxylic acids is 1. The van der Waals surface area contributed by atoms with Gasteiger partial charge >= 0.3 is 5.97 Å². The van der Waals surface area contributed by atoms with Gasteiger partial charge in [0.15, 0.2) is 0 Å². The summed E-state index contributed by atoms with van der Waals surface area (Å²) in [6, 6.07) is 6.02. The highest BCUT2D eigenvalue weighted by Gasteiger charge is 2.32. The number of likely N-dealkylation sites (tertiary alicyclic amines) is 1. The molecule has 1 saturated heterocycles. The maximum Gasteiger partial charge on any atom is 0.309 e. The number of carboxylic acid groups (broad SMARTS) is 1. The lowest BCUT2D eigenvalue weighted by Gasteiger charge is -2.36. The van der Waals surface area contributed by atoms with E-state index >= 15 is 0 Å². The highest BCUT2D eigenvalue weighted by Crippen LogP contribution is 2.20. The first kappa shape index (κ1) is 11.6. The Morgan fingerprint density at radius 3 is 2.88 bits per heavy atom. The van der Waals surface area contributed by atoms with E-state index in [0.717, 1.165) is 0 Å². The van der Waals surface area contributed by atoms with Gasteiger partial charge in [0.05, 0.1) is 17.6 Å². The SMILES string of the molecule is N#Cc1ccc(F)cc1CN1CC(C(=O)O)C1. The van der Waals surface area contributed by atoms with Crippen LogP contribution in [0.4, 0.5) is 4.39 Å². The Morgan fingerprint density at radius 1 is 1.59 bits per heavy atom. The number of carbonyl (C=O) groups is 1. The average molecular weight is 234 g/mol. The van der Waals surface area contributed by atoms with Gasteiger partial charge in [0.1, 0.15) is 5.82 Å². The molecule has 0 bridgehead atoms. The zero-order valence-electron chi connectivity index (χ0n) is 9.06. The van der Waals surface area contributed by atoms with Gasteiger partial charge in [-0.2, -0.15) is 5.26 Å². The van der Waals surface area contributed by atoms with E-state index in [9.17, 15) is 9.18 Å². The zero-order valence-corrected chi connectivity index (χ0v) is 9.06. The quantitative estimate of drug-likeness (QED) is 0.853. The summed E-state index contributed by atoms with van der Waals surface area (Å²) >= 11 is 0. The molecule has 0 aliphatic carbocycles. The number of halogens is 1. The van der Waals surface area contributed by atoms with E-state index in [-0.39, 0.29) is 11.7 Å². The van der Waals surface area contributed by atoms with Crippen molar-refractivity contribution in [3.63, 3.8) is 0 Å². The van der Waals surface area contributed by atoms with Crippen LogP contribution in [-0.2, 0) is 11.3 Å². The third kappa shape index (κ3) is 2.43. The molecule has 1 N–H and O–H groups in total. The Bertz CT molecular complexity index is 490. The van der Waals surface area contributed by atoms with E-state index in [4.69, 9.17) is 10.4 Å². The first-order valence-corrected chi connectivity index (χ1v) is 5.24. The molecule has 17 heavy (non-hydrogen) atoms. The van der Waals surface area contributed by atoms with E-state index in [1.165, 1.54) is 18.2 Å². The Labute approximate surface area is 97.9 Å². The van der Waals surface area contributed by atoms with Gasteiger partial charge in [-0.1, -0.05) is 0 Å². The Morgan fingerprint density at radius 2 is 2.29 bits per heavy atom. The summed E-state index contributed by atoms with van der Waals surface area (Å²) in [5.74, 6) is -1.52. The van der Waals surface area contributed by atoms with Crippen LogP contribution in [0.25, 0.3) is 0 Å². The molecular formula is C12H11FN2O2. The summed E-state index contributed by atoms with van der Waals surface area (Å²) in [5, 5.41) is 17.6. The van der Waals surface area contributed by atoms with Crippen molar-refractivity contribution in [3.8, 4) is 6.07 Å². The molecule has 0 saturated carbocycles. The number of nitriles is 1. The average Bonchev–Trinajstić information content (AvgIpc) is 2.22. The summed E-state index contributed by atoms with van der Waals surface area (Å²) in [6.07, 6.45) is 0. The van der Waals surface area contributed by atoms with Gasteiger partial charge < -0.3 is 5.11 Å². The van der Waals surface area contributed by atoms with Crippen molar-refractivity contribution in [2.24, 2.45) is 5.92 Å². The van der Waals surface area contributed by atoms with E-state index < -0.39 is 5.97 Å². The number of aliphatic carboxylic acids is 1.